The zero-order valence-corrected chi connectivity index (χ0v) is 12.6. The fraction of sp³-hybridized carbons (Fsp3) is 0.562. The molecule has 1 saturated carbocycles. The Bertz CT molecular complexity index is 540. The lowest BCUT2D eigenvalue weighted by Gasteiger charge is -2.20. The van der Waals surface area contributed by atoms with Gasteiger partial charge in [0, 0.05) is 26.3 Å². The van der Waals surface area contributed by atoms with Gasteiger partial charge >= 0.3 is 0 Å². The number of amides is 1. The van der Waals surface area contributed by atoms with Crippen molar-refractivity contribution in [1.82, 2.24) is 5.32 Å². The molecule has 1 amide bonds. The molecule has 2 fully saturated rings. The van der Waals surface area contributed by atoms with Crippen LogP contribution in [0.3, 0.4) is 0 Å². The number of hydrogen-bond donors (Lipinski definition) is 2. The van der Waals surface area contributed by atoms with Gasteiger partial charge in [-0.15, -0.1) is 0 Å². The van der Waals surface area contributed by atoms with Crippen LogP contribution in [-0.4, -0.2) is 38.8 Å². The van der Waals surface area contributed by atoms with Gasteiger partial charge in [-0.2, -0.15) is 0 Å². The first-order valence-corrected chi connectivity index (χ1v) is 7.55. The Hall–Kier alpha value is -1.75. The quantitative estimate of drug-likeness (QED) is 0.827. The van der Waals surface area contributed by atoms with Gasteiger partial charge in [-0.3, -0.25) is 4.79 Å². The van der Waals surface area contributed by atoms with Crippen LogP contribution in [0.2, 0.25) is 0 Å². The Kier molecular flexibility index (Phi) is 3.76. The summed E-state index contributed by atoms with van der Waals surface area (Å²) >= 11 is 0. The van der Waals surface area contributed by atoms with Gasteiger partial charge in [-0.05, 0) is 43.4 Å². The molecular formula is C16H23N3O2. The van der Waals surface area contributed by atoms with E-state index in [1.165, 1.54) is 12.8 Å². The van der Waals surface area contributed by atoms with Crippen LogP contribution >= 0.6 is 0 Å². The topological polar surface area (TPSA) is 67.6 Å². The fourth-order valence-electron chi connectivity index (χ4n) is 3.01. The van der Waals surface area contributed by atoms with Gasteiger partial charge in [0.2, 0.25) is 0 Å². The minimum atomic E-state index is -0.0619. The number of rotatable bonds is 4. The van der Waals surface area contributed by atoms with E-state index in [0.717, 1.165) is 18.7 Å². The smallest absolute Gasteiger partial charge is 0.251 e. The molecule has 1 heterocycles. The van der Waals surface area contributed by atoms with E-state index in [9.17, 15) is 4.79 Å². The summed E-state index contributed by atoms with van der Waals surface area (Å²) < 4.78 is 5.75. The van der Waals surface area contributed by atoms with Crippen LogP contribution in [0.25, 0.3) is 0 Å². The second-order valence-corrected chi connectivity index (χ2v) is 6.21. The molecule has 5 nitrogen and oxygen atoms in total. The van der Waals surface area contributed by atoms with Gasteiger partial charge in [0.05, 0.1) is 23.5 Å². The zero-order chi connectivity index (χ0) is 15.0. The summed E-state index contributed by atoms with van der Waals surface area (Å²) in [5.41, 5.74) is 8.16. The summed E-state index contributed by atoms with van der Waals surface area (Å²) in [6, 6.07) is 5.59. The molecule has 1 aliphatic carbocycles. The minimum absolute atomic E-state index is 0.0619. The molecular weight excluding hydrogens is 266 g/mol. The Balaban J connectivity index is 1.69. The molecule has 0 bridgehead atoms. The maximum Gasteiger partial charge on any atom is 0.251 e. The zero-order valence-electron chi connectivity index (χ0n) is 12.6. The minimum Gasteiger partial charge on any atom is -0.397 e. The SMILES string of the molecule is CN(C)c1ccc(C(=O)NC2CCOC2C2CC2)cc1N. The van der Waals surface area contributed by atoms with Crippen LogP contribution in [0.5, 0.6) is 0 Å². The highest BCUT2D eigenvalue weighted by Gasteiger charge is 2.41. The number of carbonyl (C=O) groups is 1. The maximum atomic E-state index is 12.4. The van der Waals surface area contributed by atoms with Crippen molar-refractivity contribution in [1.29, 1.82) is 0 Å². The lowest BCUT2D eigenvalue weighted by molar-refractivity contribution is 0.0729. The van der Waals surface area contributed by atoms with Gasteiger partial charge in [0.25, 0.3) is 5.91 Å². The van der Waals surface area contributed by atoms with Crippen molar-refractivity contribution in [2.45, 2.75) is 31.4 Å². The third kappa shape index (κ3) is 2.97. The molecule has 5 heteroatoms. The van der Waals surface area contributed by atoms with Crippen molar-refractivity contribution >= 4 is 17.3 Å². The molecule has 114 valence electrons. The molecule has 2 aliphatic rings. The standard InChI is InChI=1S/C16H23N3O2/c1-19(2)14-6-5-11(9-12(14)17)16(20)18-13-7-8-21-15(13)10-3-4-10/h5-6,9-10,13,15H,3-4,7-8,17H2,1-2H3,(H,18,20). The molecule has 0 spiro atoms. The van der Waals surface area contributed by atoms with Gasteiger partial charge < -0.3 is 20.7 Å². The van der Waals surface area contributed by atoms with Crippen LogP contribution in [-0.2, 0) is 4.74 Å². The molecule has 2 atom stereocenters. The molecule has 1 aliphatic heterocycles. The molecule has 3 N–H and O–H groups in total. The van der Waals surface area contributed by atoms with E-state index in [1.807, 2.05) is 31.1 Å². The van der Waals surface area contributed by atoms with E-state index in [0.29, 0.717) is 17.2 Å². The number of benzene rings is 1. The highest BCUT2D eigenvalue weighted by atomic mass is 16.5. The van der Waals surface area contributed by atoms with E-state index >= 15 is 0 Å². The lowest BCUT2D eigenvalue weighted by atomic mass is 10.1. The number of anilines is 2. The molecule has 1 saturated heterocycles. The van der Waals surface area contributed by atoms with E-state index in [2.05, 4.69) is 5.32 Å². The third-order valence-electron chi connectivity index (χ3n) is 4.31. The molecule has 3 rings (SSSR count). The third-order valence-corrected chi connectivity index (χ3v) is 4.31. The predicted molar refractivity (Wildman–Crippen MR) is 83.5 cm³/mol. The number of nitrogens with two attached hydrogens (primary N) is 1. The first kappa shape index (κ1) is 14.2. The van der Waals surface area contributed by atoms with Gasteiger partial charge in [0.1, 0.15) is 0 Å². The number of ether oxygens (including phenoxy) is 1. The average Bonchev–Trinajstić information content (AvgIpc) is 3.18. The maximum absolute atomic E-state index is 12.4. The van der Waals surface area contributed by atoms with Gasteiger partial charge in [-0.1, -0.05) is 0 Å². The Labute approximate surface area is 125 Å². The summed E-state index contributed by atoms with van der Waals surface area (Å²) in [6.45, 7) is 0.744. The van der Waals surface area contributed by atoms with Crippen molar-refractivity contribution in [3.05, 3.63) is 23.8 Å². The number of hydrogen-bond acceptors (Lipinski definition) is 4. The molecule has 1 aromatic carbocycles. The summed E-state index contributed by atoms with van der Waals surface area (Å²) in [5, 5.41) is 3.11. The second kappa shape index (κ2) is 5.56. The Morgan fingerprint density at radius 2 is 2.10 bits per heavy atom. The first-order valence-electron chi connectivity index (χ1n) is 7.55. The van der Waals surface area contributed by atoms with Crippen LogP contribution < -0.4 is 16.0 Å². The summed E-state index contributed by atoms with van der Waals surface area (Å²) in [7, 11) is 3.86. The van der Waals surface area contributed by atoms with Crippen molar-refractivity contribution in [2.24, 2.45) is 5.92 Å². The molecule has 0 aromatic heterocycles. The largest absolute Gasteiger partial charge is 0.397 e. The molecule has 2 unspecified atom stereocenters. The van der Waals surface area contributed by atoms with Crippen LogP contribution in [0.1, 0.15) is 29.6 Å². The van der Waals surface area contributed by atoms with E-state index in [-0.39, 0.29) is 18.1 Å². The normalized spacial score (nSPS) is 24.9. The van der Waals surface area contributed by atoms with Crippen LogP contribution in [0.15, 0.2) is 18.2 Å². The van der Waals surface area contributed by atoms with Crippen LogP contribution in [0.4, 0.5) is 11.4 Å². The van der Waals surface area contributed by atoms with E-state index < -0.39 is 0 Å². The highest BCUT2D eigenvalue weighted by molar-refractivity contribution is 5.96. The number of carbonyl (C=O) groups excluding carboxylic acids is 1. The molecule has 1 aromatic rings. The van der Waals surface area contributed by atoms with Crippen molar-refractivity contribution in [2.75, 3.05) is 31.3 Å². The Morgan fingerprint density at radius 3 is 2.71 bits per heavy atom. The van der Waals surface area contributed by atoms with Crippen molar-refractivity contribution in [3.8, 4) is 0 Å². The Morgan fingerprint density at radius 1 is 1.33 bits per heavy atom. The lowest BCUT2D eigenvalue weighted by Crippen LogP contribution is -2.41. The highest BCUT2D eigenvalue weighted by Crippen LogP contribution is 2.38. The summed E-state index contributed by atoms with van der Waals surface area (Å²) in [5.74, 6) is 0.576. The van der Waals surface area contributed by atoms with Crippen molar-refractivity contribution in [3.63, 3.8) is 0 Å². The second-order valence-electron chi connectivity index (χ2n) is 6.21. The molecule has 21 heavy (non-hydrogen) atoms. The van der Waals surface area contributed by atoms with Crippen molar-refractivity contribution < 1.29 is 9.53 Å². The number of nitrogens with one attached hydrogen (secondary N) is 1. The summed E-state index contributed by atoms with van der Waals surface area (Å²) in [6.07, 6.45) is 3.55. The monoisotopic (exact) mass is 289 g/mol. The summed E-state index contributed by atoms with van der Waals surface area (Å²) in [4.78, 5) is 14.3. The van der Waals surface area contributed by atoms with E-state index in [1.54, 1.807) is 6.07 Å². The van der Waals surface area contributed by atoms with E-state index in [4.69, 9.17) is 10.5 Å². The first-order chi connectivity index (χ1) is 10.1. The molecule has 0 radical (unpaired) electrons. The van der Waals surface area contributed by atoms with Gasteiger partial charge in [0.15, 0.2) is 0 Å². The van der Waals surface area contributed by atoms with Gasteiger partial charge in [-0.25, -0.2) is 0 Å². The number of nitrogens with zero attached hydrogens (tertiary/aromatic N) is 1. The predicted octanol–water partition coefficient (Wildman–Crippen LogP) is 1.63. The fourth-order valence-corrected chi connectivity index (χ4v) is 3.01. The average molecular weight is 289 g/mol. The van der Waals surface area contributed by atoms with Crippen LogP contribution in [0, 0.1) is 5.92 Å². The number of nitrogen functional groups attached to an aromatic ring is 1.